The first-order chi connectivity index (χ1) is 9.79. The summed E-state index contributed by atoms with van der Waals surface area (Å²) in [6.45, 7) is 0. The number of nitrogens with one attached hydrogen (secondary N) is 1. The van der Waals surface area contributed by atoms with Crippen molar-refractivity contribution >= 4 is 22.0 Å². The van der Waals surface area contributed by atoms with E-state index in [0.29, 0.717) is 0 Å². The van der Waals surface area contributed by atoms with Crippen LogP contribution in [0.4, 0.5) is 0 Å². The van der Waals surface area contributed by atoms with Crippen LogP contribution in [-0.2, 0) is 32.5 Å². The molecule has 1 aliphatic carbocycles. The molecule has 0 heterocycles. The first-order valence-corrected chi connectivity index (χ1v) is 7.86. The maximum absolute atomic E-state index is 12.2. The SMILES string of the molecule is O=C(O)CC(NS(=O)(=O)c1ccc2c(c1)CCC2)C(=O)O. The van der Waals surface area contributed by atoms with Crippen LogP contribution < -0.4 is 4.72 Å². The molecule has 0 saturated carbocycles. The molecule has 1 atom stereocenters. The Morgan fingerprint density at radius 2 is 1.86 bits per heavy atom. The predicted molar refractivity (Wildman–Crippen MR) is 72.5 cm³/mol. The van der Waals surface area contributed by atoms with E-state index in [9.17, 15) is 18.0 Å². The van der Waals surface area contributed by atoms with Crippen LogP contribution in [-0.4, -0.2) is 36.6 Å². The minimum absolute atomic E-state index is 0.0419. The van der Waals surface area contributed by atoms with Crippen LogP contribution in [0.5, 0.6) is 0 Å². The molecule has 21 heavy (non-hydrogen) atoms. The Morgan fingerprint density at radius 3 is 2.48 bits per heavy atom. The standard InChI is InChI=1S/C13H15NO6S/c15-12(16)7-11(13(17)18)14-21(19,20)10-5-4-8-2-1-3-9(8)6-10/h4-6,11,14H,1-3,7H2,(H,15,16)(H,17,18). The predicted octanol–water partition coefficient (Wildman–Crippen LogP) is 0.381. The second-order valence-electron chi connectivity index (χ2n) is 4.89. The monoisotopic (exact) mass is 313 g/mol. The van der Waals surface area contributed by atoms with E-state index >= 15 is 0 Å². The average molecular weight is 313 g/mol. The van der Waals surface area contributed by atoms with Crippen LogP contribution in [0.1, 0.15) is 24.0 Å². The zero-order valence-electron chi connectivity index (χ0n) is 11.1. The summed E-state index contributed by atoms with van der Waals surface area (Å²) in [4.78, 5) is 21.5. The third-order valence-electron chi connectivity index (χ3n) is 3.35. The lowest BCUT2D eigenvalue weighted by molar-refractivity contribution is -0.145. The Morgan fingerprint density at radius 1 is 1.19 bits per heavy atom. The first kappa shape index (κ1) is 15.5. The van der Waals surface area contributed by atoms with E-state index in [2.05, 4.69) is 0 Å². The highest BCUT2D eigenvalue weighted by Gasteiger charge is 2.28. The molecule has 8 heteroatoms. The van der Waals surface area contributed by atoms with Gasteiger partial charge in [0.2, 0.25) is 10.0 Å². The minimum atomic E-state index is -4.07. The third kappa shape index (κ3) is 3.59. The van der Waals surface area contributed by atoms with Crippen LogP contribution in [0, 0.1) is 0 Å². The van der Waals surface area contributed by atoms with E-state index in [1.54, 1.807) is 6.07 Å². The summed E-state index contributed by atoms with van der Waals surface area (Å²) < 4.78 is 26.2. The lowest BCUT2D eigenvalue weighted by atomic mass is 10.1. The van der Waals surface area contributed by atoms with Crippen molar-refractivity contribution in [3.63, 3.8) is 0 Å². The molecule has 0 saturated heterocycles. The number of aryl methyl sites for hydroxylation is 2. The smallest absolute Gasteiger partial charge is 0.322 e. The first-order valence-electron chi connectivity index (χ1n) is 6.38. The van der Waals surface area contributed by atoms with Crippen LogP contribution >= 0.6 is 0 Å². The summed E-state index contributed by atoms with van der Waals surface area (Å²) in [6.07, 6.45) is 1.83. The topological polar surface area (TPSA) is 121 Å². The maximum Gasteiger partial charge on any atom is 0.322 e. The zero-order valence-corrected chi connectivity index (χ0v) is 11.9. The quantitative estimate of drug-likeness (QED) is 0.698. The van der Waals surface area contributed by atoms with Crippen molar-refractivity contribution in [3.8, 4) is 0 Å². The van der Waals surface area contributed by atoms with Crippen LogP contribution in [0.25, 0.3) is 0 Å². The number of hydrogen-bond acceptors (Lipinski definition) is 4. The zero-order chi connectivity index (χ0) is 15.6. The highest BCUT2D eigenvalue weighted by Crippen LogP contribution is 2.24. The fourth-order valence-corrected chi connectivity index (χ4v) is 3.56. The maximum atomic E-state index is 12.2. The molecule has 0 amide bonds. The van der Waals surface area contributed by atoms with Crippen molar-refractivity contribution in [2.45, 2.75) is 36.6 Å². The van der Waals surface area contributed by atoms with E-state index < -0.39 is 34.4 Å². The number of benzene rings is 1. The number of carboxylic acid groups (broad SMARTS) is 2. The van der Waals surface area contributed by atoms with Crippen LogP contribution in [0.3, 0.4) is 0 Å². The molecule has 2 rings (SSSR count). The van der Waals surface area contributed by atoms with E-state index in [4.69, 9.17) is 10.2 Å². The van der Waals surface area contributed by atoms with Gasteiger partial charge in [0.15, 0.2) is 0 Å². The van der Waals surface area contributed by atoms with Crippen molar-refractivity contribution in [3.05, 3.63) is 29.3 Å². The highest BCUT2D eigenvalue weighted by molar-refractivity contribution is 7.89. The van der Waals surface area contributed by atoms with Gasteiger partial charge in [0, 0.05) is 0 Å². The van der Waals surface area contributed by atoms with E-state index in [1.165, 1.54) is 12.1 Å². The molecule has 7 nitrogen and oxygen atoms in total. The van der Waals surface area contributed by atoms with Gasteiger partial charge in [-0.2, -0.15) is 4.72 Å². The van der Waals surface area contributed by atoms with Crippen molar-refractivity contribution in [1.29, 1.82) is 0 Å². The summed E-state index contributed by atoms with van der Waals surface area (Å²) >= 11 is 0. The normalized spacial score (nSPS) is 15.4. The van der Waals surface area contributed by atoms with Gasteiger partial charge in [-0.1, -0.05) is 6.07 Å². The molecular formula is C13H15NO6S. The summed E-state index contributed by atoms with van der Waals surface area (Å²) in [5.74, 6) is -2.92. The van der Waals surface area contributed by atoms with Crippen molar-refractivity contribution in [1.82, 2.24) is 4.72 Å². The fourth-order valence-electron chi connectivity index (χ4n) is 2.32. The molecule has 0 spiro atoms. The number of aliphatic carboxylic acids is 2. The molecular weight excluding hydrogens is 298 g/mol. The van der Waals surface area contributed by atoms with E-state index in [1.807, 2.05) is 4.72 Å². The Balaban J connectivity index is 2.24. The van der Waals surface area contributed by atoms with E-state index in [0.717, 1.165) is 30.4 Å². The Hall–Kier alpha value is -1.93. The van der Waals surface area contributed by atoms with Crippen molar-refractivity contribution in [2.75, 3.05) is 0 Å². The molecule has 1 aliphatic rings. The molecule has 3 N–H and O–H groups in total. The molecule has 0 bridgehead atoms. The second-order valence-corrected chi connectivity index (χ2v) is 6.61. The fraction of sp³-hybridized carbons (Fsp3) is 0.385. The van der Waals surface area contributed by atoms with Gasteiger partial charge in [0.1, 0.15) is 6.04 Å². The van der Waals surface area contributed by atoms with Crippen molar-refractivity contribution in [2.24, 2.45) is 0 Å². The van der Waals surface area contributed by atoms with Gasteiger partial charge in [-0.15, -0.1) is 0 Å². The number of fused-ring (bicyclic) bond motifs is 1. The molecule has 0 aliphatic heterocycles. The van der Waals surface area contributed by atoms with Gasteiger partial charge in [-0.25, -0.2) is 8.42 Å². The number of hydrogen-bond donors (Lipinski definition) is 3. The summed E-state index contributed by atoms with van der Waals surface area (Å²) in [5.41, 5.74) is 2.03. The van der Waals surface area contributed by atoms with Gasteiger partial charge >= 0.3 is 11.9 Å². The number of sulfonamides is 1. The Bertz CT molecular complexity index is 682. The Kier molecular flexibility index (Phi) is 4.29. The number of carbonyl (C=O) groups is 2. The average Bonchev–Trinajstić information content (AvgIpc) is 2.84. The van der Waals surface area contributed by atoms with Crippen LogP contribution in [0.15, 0.2) is 23.1 Å². The third-order valence-corrected chi connectivity index (χ3v) is 4.82. The largest absolute Gasteiger partial charge is 0.481 e. The van der Waals surface area contributed by atoms with Gasteiger partial charge in [-0.3, -0.25) is 9.59 Å². The lowest BCUT2D eigenvalue weighted by Gasteiger charge is -2.13. The minimum Gasteiger partial charge on any atom is -0.481 e. The highest BCUT2D eigenvalue weighted by atomic mass is 32.2. The summed E-state index contributed by atoms with van der Waals surface area (Å²) in [6, 6.07) is 2.95. The molecule has 1 unspecified atom stereocenters. The molecule has 114 valence electrons. The second kappa shape index (κ2) is 5.82. The lowest BCUT2D eigenvalue weighted by Crippen LogP contribution is -2.42. The molecule has 0 radical (unpaired) electrons. The molecule has 1 aromatic carbocycles. The number of carboxylic acids is 2. The van der Waals surface area contributed by atoms with Gasteiger partial charge in [0.25, 0.3) is 0 Å². The summed E-state index contributed by atoms with van der Waals surface area (Å²) in [7, 11) is -4.07. The summed E-state index contributed by atoms with van der Waals surface area (Å²) in [5, 5.41) is 17.5. The molecule has 0 aromatic heterocycles. The van der Waals surface area contributed by atoms with Gasteiger partial charge in [-0.05, 0) is 42.5 Å². The van der Waals surface area contributed by atoms with Gasteiger partial charge in [0.05, 0.1) is 11.3 Å². The molecule has 1 aromatic rings. The van der Waals surface area contributed by atoms with Gasteiger partial charge < -0.3 is 10.2 Å². The van der Waals surface area contributed by atoms with Crippen LogP contribution in [0.2, 0.25) is 0 Å². The Labute approximate surface area is 121 Å². The molecule has 0 fully saturated rings. The van der Waals surface area contributed by atoms with E-state index in [-0.39, 0.29) is 4.90 Å². The van der Waals surface area contributed by atoms with Crippen molar-refractivity contribution < 1.29 is 28.2 Å². The number of rotatable bonds is 6.